The van der Waals surface area contributed by atoms with Gasteiger partial charge >= 0.3 is 0 Å². The number of amidine groups is 1. The van der Waals surface area contributed by atoms with Crippen LogP contribution in [0, 0.1) is 12.3 Å². The first-order chi connectivity index (χ1) is 10.6. The second-order valence-electron chi connectivity index (χ2n) is 5.69. The molecule has 1 aromatic heterocycles. The largest absolute Gasteiger partial charge is 0.510 e. The van der Waals surface area contributed by atoms with Crippen molar-refractivity contribution < 1.29 is 9.84 Å². The van der Waals surface area contributed by atoms with E-state index in [0.29, 0.717) is 18.0 Å². The predicted molar refractivity (Wildman–Crippen MR) is 87.6 cm³/mol. The molecule has 0 amide bonds. The van der Waals surface area contributed by atoms with E-state index in [1.54, 1.807) is 0 Å². The van der Waals surface area contributed by atoms with Gasteiger partial charge in [0.05, 0.1) is 25.3 Å². The number of aryl methyl sites for hydroxylation is 1. The molecular weight excluding hydrogens is 300 g/mol. The van der Waals surface area contributed by atoms with Crippen LogP contribution in [0.4, 0.5) is 0 Å². The van der Waals surface area contributed by atoms with Crippen molar-refractivity contribution in [2.75, 3.05) is 45.9 Å². The summed E-state index contributed by atoms with van der Waals surface area (Å²) in [6.45, 7) is 7.76. The lowest BCUT2D eigenvalue weighted by molar-refractivity contribution is 0.0368. The number of hydrogen-bond acceptors (Lipinski definition) is 6. The number of aliphatic hydroxyl groups is 1. The maximum Gasteiger partial charge on any atom is 0.135 e. The summed E-state index contributed by atoms with van der Waals surface area (Å²) >= 11 is 1.48. The maximum atomic E-state index is 10.2. The first-order valence-electron chi connectivity index (χ1n) is 7.63. The Balaban J connectivity index is 1.53. The molecule has 0 radical (unpaired) electrons. The van der Waals surface area contributed by atoms with Crippen LogP contribution in [0.1, 0.15) is 17.1 Å². The molecule has 22 heavy (non-hydrogen) atoms. The van der Waals surface area contributed by atoms with Gasteiger partial charge in [-0.15, -0.1) is 11.3 Å². The molecule has 2 aliphatic heterocycles. The Hall–Kier alpha value is -1.44. The molecule has 1 aromatic rings. The summed E-state index contributed by atoms with van der Waals surface area (Å²) in [5, 5.41) is 21.2. The molecule has 120 valence electrons. The molecule has 2 N–H and O–H groups in total. The van der Waals surface area contributed by atoms with Crippen molar-refractivity contribution in [1.29, 1.82) is 5.41 Å². The molecule has 6 nitrogen and oxygen atoms in total. The highest BCUT2D eigenvalue weighted by Gasteiger charge is 2.29. The number of thiazole rings is 1. The predicted octanol–water partition coefficient (Wildman–Crippen LogP) is 1.74. The molecule has 0 unspecified atom stereocenters. The number of morpholine rings is 1. The van der Waals surface area contributed by atoms with Crippen molar-refractivity contribution in [3.8, 4) is 0 Å². The van der Waals surface area contributed by atoms with E-state index >= 15 is 0 Å². The summed E-state index contributed by atoms with van der Waals surface area (Å²) in [4.78, 5) is 8.72. The Morgan fingerprint density at radius 1 is 1.36 bits per heavy atom. The Labute approximate surface area is 134 Å². The van der Waals surface area contributed by atoms with Crippen molar-refractivity contribution in [3.63, 3.8) is 0 Å². The van der Waals surface area contributed by atoms with Gasteiger partial charge in [-0.05, 0) is 13.3 Å². The number of hydrogen-bond donors (Lipinski definition) is 2. The molecule has 1 fully saturated rings. The first-order valence-corrected chi connectivity index (χ1v) is 8.51. The van der Waals surface area contributed by atoms with Gasteiger partial charge < -0.3 is 14.7 Å². The number of nitrogens with zero attached hydrogens (tertiary/aromatic N) is 3. The molecule has 1 saturated heterocycles. The summed E-state index contributed by atoms with van der Waals surface area (Å²) in [6, 6.07) is 0. The Kier molecular flexibility index (Phi) is 4.75. The monoisotopic (exact) mass is 322 g/mol. The van der Waals surface area contributed by atoms with Crippen molar-refractivity contribution in [3.05, 3.63) is 21.8 Å². The van der Waals surface area contributed by atoms with Gasteiger partial charge in [-0.2, -0.15) is 0 Å². The van der Waals surface area contributed by atoms with E-state index in [-0.39, 0.29) is 5.76 Å². The standard InChI is InChI=1S/C15H22N4O2S/c1-11-10-22-15(17-11)13-12(20)9-19(14(13)16)4-2-3-18-5-7-21-8-6-18/h10,16,20H,2-9H2,1H3. The van der Waals surface area contributed by atoms with E-state index in [1.165, 1.54) is 11.3 Å². The topological polar surface area (TPSA) is 72.7 Å². The summed E-state index contributed by atoms with van der Waals surface area (Å²) in [5.74, 6) is 0.666. The van der Waals surface area contributed by atoms with Crippen LogP contribution in [0.25, 0.3) is 5.57 Å². The highest BCUT2D eigenvalue weighted by Crippen LogP contribution is 2.29. The van der Waals surface area contributed by atoms with Crippen LogP contribution >= 0.6 is 11.3 Å². The minimum absolute atomic E-state index is 0.269. The number of ether oxygens (including phenoxy) is 1. The summed E-state index contributed by atoms with van der Waals surface area (Å²) < 4.78 is 5.34. The van der Waals surface area contributed by atoms with Crippen LogP contribution in [0.3, 0.4) is 0 Å². The fourth-order valence-corrected chi connectivity index (χ4v) is 3.69. The minimum Gasteiger partial charge on any atom is -0.510 e. The molecule has 3 rings (SSSR count). The first kappa shape index (κ1) is 15.5. The molecule has 0 saturated carbocycles. The smallest absolute Gasteiger partial charge is 0.135 e. The van der Waals surface area contributed by atoms with Gasteiger partial charge in [0.2, 0.25) is 0 Å². The van der Waals surface area contributed by atoms with Gasteiger partial charge in [-0.1, -0.05) is 0 Å². The van der Waals surface area contributed by atoms with Gasteiger partial charge in [0.25, 0.3) is 0 Å². The molecule has 7 heteroatoms. The minimum atomic E-state index is 0.269. The SMILES string of the molecule is Cc1csc(C2=C(O)CN(CCCN3CCOCC3)C2=N)n1. The average Bonchev–Trinajstić information content (AvgIpc) is 3.04. The van der Waals surface area contributed by atoms with E-state index < -0.39 is 0 Å². The van der Waals surface area contributed by atoms with Crippen molar-refractivity contribution in [2.45, 2.75) is 13.3 Å². The highest BCUT2D eigenvalue weighted by molar-refractivity contribution is 7.11. The number of nitrogens with one attached hydrogen (secondary N) is 1. The Morgan fingerprint density at radius 2 is 2.14 bits per heavy atom. The zero-order chi connectivity index (χ0) is 15.5. The lowest BCUT2D eigenvalue weighted by Crippen LogP contribution is -2.38. The maximum absolute atomic E-state index is 10.2. The van der Waals surface area contributed by atoms with Crippen LogP contribution in [-0.2, 0) is 4.74 Å². The second-order valence-corrected chi connectivity index (χ2v) is 6.55. The van der Waals surface area contributed by atoms with Crippen molar-refractivity contribution in [1.82, 2.24) is 14.8 Å². The fourth-order valence-electron chi connectivity index (χ4n) is 2.83. The second kappa shape index (κ2) is 6.76. The van der Waals surface area contributed by atoms with E-state index in [9.17, 15) is 5.11 Å². The van der Waals surface area contributed by atoms with Crippen LogP contribution < -0.4 is 0 Å². The van der Waals surface area contributed by atoms with E-state index in [4.69, 9.17) is 10.1 Å². The van der Waals surface area contributed by atoms with E-state index in [1.807, 2.05) is 17.2 Å². The third-order valence-electron chi connectivity index (χ3n) is 4.02. The molecule has 0 atom stereocenters. The zero-order valence-electron chi connectivity index (χ0n) is 12.8. The third-order valence-corrected chi connectivity index (χ3v) is 5.00. The molecule has 0 bridgehead atoms. The van der Waals surface area contributed by atoms with Gasteiger partial charge in [-0.25, -0.2) is 4.98 Å². The number of aliphatic hydroxyl groups excluding tert-OH is 1. The van der Waals surface area contributed by atoms with E-state index in [0.717, 1.165) is 56.5 Å². The number of rotatable bonds is 5. The normalized spacial score (nSPS) is 20.2. The van der Waals surface area contributed by atoms with Crippen LogP contribution in [0.2, 0.25) is 0 Å². The molecule has 0 aromatic carbocycles. The van der Waals surface area contributed by atoms with Gasteiger partial charge in [0, 0.05) is 37.3 Å². The average molecular weight is 322 g/mol. The Bertz CT molecular complexity index is 578. The molecule has 3 heterocycles. The number of aromatic nitrogens is 1. The van der Waals surface area contributed by atoms with Crippen LogP contribution in [0.5, 0.6) is 0 Å². The van der Waals surface area contributed by atoms with Crippen LogP contribution in [-0.4, -0.2) is 71.7 Å². The summed E-state index contributed by atoms with van der Waals surface area (Å²) in [5.41, 5.74) is 1.53. The molecule has 0 spiro atoms. The third kappa shape index (κ3) is 3.31. The lowest BCUT2D eigenvalue weighted by atomic mass is 10.2. The fraction of sp³-hybridized carbons (Fsp3) is 0.600. The molecule has 0 aliphatic carbocycles. The lowest BCUT2D eigenvalue weighted by Gasteiger charge is -2.27. The van der Waals surface area contributed by atoms with E-state index in [2.05, 4.69) is 9.88 Å². The van der Waals surface area contributed by atoms with Crippen LogP contribution in [0.15, 0.2) is 11.1 Å². The summed E-state index contributed by atoms with van der Waals surface area (Å²) in [6.07, 6.45) is 0.986. The van der Waals surface area contributed by atoms with Gasteiger partial charge in [0.15, 0.2) is 0 Å². The highest BCUT2D eigenvalue weighted by atomic mass is 32.1. The summed E-state index contributed by atoms with van der Waals surface area (Å²) in [7, 11) is 0. The zero-order valence-corrected chi connectivity index (χ0v) is 13.7. The quantitative estimate of drug-likeness (QED) is 0.864. The van der Waals surface area contributed by atoms with Crippen molar-refractivity contribution in [2.24, 2.45) is 0 Å². The molecular formula is C15H22N4O2S. The van der Waals surface area contributed by atoms with Crippen molar-refractivity contribution >= 4 is 22.7 Å². The molecule has 2 aliphatic rings. The van der Waals surface area contributed by atoms with Gasteiger partial charge in [0.1, 0.15) is 16.6 Å². The Morgan fingerprint density at radius 3 is 2.82 bits per heavy atom. The van der Waals surface area contributed by atoms with Gasteiger partial charge in [-0.3, -0.25) is 10.3 Å².